The number of benzene rings is 1. The zero-order chi connectivity index (χ0) is 12.4. The van der Waals surface area contributed by atoms with Gasteiger partial charge in [-0.25, -0.2) is 0 Å². The molecule has 1 heterocycles. The molecule has 1 aliphatic heterocycles. The molecule has 1 aromatic rings. The average Bonchev–Trinajstić information content (AvgIpc) is 2.46. The van der Waals surface area contributed by atoms with Gasteiger partial charge in [0.2, 0.25) is 0 Å². The molecule has 3 rings (SSSR count). The van der Waals surface area contributed by atoms with Gasteiger partial charge < -0.3 is 5.32 Å². The number of para-hydroxylation sites is 1. The van der Waals surface area contributed by atoms with Crippen LogP contribution in [0.5, 0.6) is 0 Å². The molecule has 0 amide bonds. The third-order valence-corrected chi connectivity index (χ3v) is 4.94. The minimum Gasteiger partial charge on any atom is -0.385 e. The Bertz CT molecular complexity index is 410. The summed E-state index contributed by atoms with van der Waals surface area (Å²) in [5, 5.41) is 3.67. The molecule has 2 unspecified atom stereocenters. The summed E-state index contributed by atoms with van der Waals surface area (Å²) in [7, 11) is 0. The Hall–Kier alpha value is -0.980. The summed E-state index contributed by atoms with van der Waals surface area (Å²) in [5.41, 5.74) is 4.67. The fourth-order valence-corrected chi connectivity index (χ4v) is 3.95. The monoisotopic (exact) mass is 243 g/mol. The quantitative estimate of drug-likeness (QED) is 0.792. The largest absolute Gasteiger partial charge is 0.385 e. The van der Waals surface area contributed by atoms with E-state index in [1.165, 1.54) is 50.6 Å². The molecule has 0 bridgehead atoms. The summed E-state index contributed by atoms with van der Waals surface area (Å²) in [4.78, 5) is 0. The number of hydrogen-bond donors (Lipinski definition) is 1. The van der Waals surface area contributed by atoms with Crippen molar-refractivity contribution in [3.05, 3.63) is 29.3 Å². The molecule has 2 aliphatic rings. The predicted octanol–water partition coefficient (Wildman–Crippen LogP) is 4.73. The van der Waals surface area contributed by atoms with Gasteiger partial charge in [-0.3, -0.25) is 0 Å². The van der Waals surface area contributed by atoms with Gasteiger partial charge in [-0.05, 0) is 48.6 Å². The molecule has 0 spiro atoms. The molecule has 98 valence electrons. The van der Waals surface area contributed by atoms with E-state index in [9.17, 15) is 0 Å². The Kier molecular flexibility index (Phi) is 3.58. The fourth-order valence-electron chi connectivity index (χ4n) is 3.95. The minimum absolute atomic E-state index is 0.810. The normalized spacial score (nSPS) is 27.4. The first-order valence-corrected chi connectivity index (χ1v) is 7.75. The number of anilines is 1. The number of aryl methyl sites for hydroxylation is 1. The Balaban J connectivity index is 1.95. The van der Waals surface area contributed by atoms with E-state index in [2.05, 4.69) is 30.4 Å². The zero-order valence-electron chi connectivity index (χ0n) is 11.5. The summed E-state index contributed by atoms with van der Waals surface area (Å²) in [5.74, 6) is 1.72. The first-order valence-electron chi connectivity index (χ1n) is 7.75. The summed E-state index contributed by atoms with van der Waals surface area (Å²) in [6.07, 6.45) is 9.59. The Morgan fingerprint density at radius 1 is 1.17 bits per heavy atom. The minimum atomic E-state index is 0.810. The van der Waals surface area contributed by atoms with Crippen LogP contribution in [0.4, 0.5) is 5.69 Å². The first kappa shape index (κ1) is 12.1. The Morgan fingerprint density at radius 2 is 2.06 bits per heavy atom. The molecule has 1 aliphatic carbocycles. The van der Waals surface area contributed by atoms with Gasteiger partial charge in [-0.1, -0.05) is 44.4 Å². The molecule has 1 heteroatoms. The van der Waals surface area contributed by atoms with Crippen LogP contribution >= 0.6 is 0 Å². The Labute approximate surface area is 111 Å². The summed E-state index contributed by atoms with van der Waals surface area (Å²) < 4.78 is 0. The van der Waals surface area contributed by atoms with Crippen LogP contribution in [0.2, 0.25) is 0 Å². The lowest BCUT2D eigenvalue weighted by Crippen LogP contribution is -2.21. The summed E-state index contributed by atoms with van der Waals surface area (Å²) >= 11 is 0. The highest BCUT2D eigenvalue weighted by molar-refractivity contribution is 5.60. The van der Waals surface area contributed by atoms with Crippen LogP contribution in [0, 0.1) is 5.92 Å². The molecular formula is C17H25N. The van der Waals surface area contributed by atoms with E-state index in [1.807, 2.05) is 0 Å². The van der Waals surface area contributed by atoms with Crippen molar-refractivity contribution in [3.8, 4) is 0 Å². The van der Waals surface area contributed by atoms with Crippen molar-refractivity contribution in [1.29, 1.82) is 0 Å². The molecule has 18 heavy (non-hydrogen) atoms. The maximum atomic E-state index is 3.67. The molecule has 1 nitrogen and oxygen atoms in total. The van der Waals surface area contributed by atoms with Crippen LogP contribution in [-0.2, 0) is 6.42 Å². The number of rotatable bonds is 2. The fraction of sp³-hybridized carbons (Fsp3) is 0.647. The van der Waals surface area contributed by atoms with Crippen LogP contribution in [0.15, 0.2) is 18.2 Å². The van der Waals surface area contributed by atoms with Crippen LogP contribution in [-0.4, -0.2) is 6.54 Å². The molecular weight excluding hydrogens is 218 g/mol. The number of hydrogen-bond acceptors (Lipinski definition) is 1. The van der Waals surface area contributed by atoms with Crippen molar-refractivity contribution in [2.75, 3.05) is 11.9 Å². The first-order chi connectivity index (χ1) is 8.90. The maximum absolute atomic E-state index is 3.67. The molecule has 1 fully saturated rings. The van der Waals surface area contributed by atoms with Gasteiger partial charge in [-0.2, -0.15) is 0 Å². The lowest BCUT2D eigenvalue weighted by Gasteiger charge is -2.34. The Morgan fingerprint density at radius 3 is 2.94 bits per heavy atom. The molecule has 1 N–H and O–H groups in total. The molecule has 0 saturated heterocycles. The smallest absolute Gasteiger partial charge is 0.0408 e. The second kappa shape index (κ2) is 5.34. The van der Waals surface area contributed by atoms with Crippen molar-refractivity contribution >= 4 is 5.69 Å². The van der Waals surface area contributed by atoms with Gasteiger partial charge >= 0.3 is 0 Å². The third-order valence-electron chi connectivity index (χ3n) is 4.94. The van der Waals surface area contributed by atoms with Crippen LogP contribution in [0.1, 0.15) is 62.5 Å². The lowest BCUT2D eigenvalue weighted by molar-refractivity contribution is 0.299. The molecule has 2 atom stereocenters. The van der Waals surface area contributed by atoms with E-state index in [0.29, 0.717) is 0 Å². The van der Waals surface area contributed by atoms with Gasteiger partial charge in [0.1, 0.15) is 0 Å². The molecule has 0 radical (unpaired) electrons. The SMILES string of the molecule is CCC1CCCCC1c1cccc2c1NCCC2. The molecule has 1 aromatic carbocycles. The standard InChI is InChI=1S/C17H25N/c1-2-13-7-3-4-10-15(13)16-11-5-8-14-9-6-12-18-17(14)16/h5,8,11,13,15,18H,2-4,6-7,9-10,12H2,1H3. The van der Waals surface area contributed by atoms with Gasteiger partial charge in [0.05, 0.1) is 0 Å². The van der Waals surface area contributed by atoms with E-state index in [1.54, 1.807) is 11.1 Å². The highest BCUT2D eigenvalue weighted by Crippen LogP contribution is 2.43. The van der Waals surface area contributed by atoms with Crippen molar-refractivity contribution in [2.45, 2.75) is 57.8 Å². The van der Waals surface area contributed by atoms with Gasteiger partial charge in [0.25, 0.3) is 0 Å². The summed E-state index contributed by atoms with van der Waals surface area (Å²) in [6.45, 7) is 3.53. The highest BCUT2D eigenvalue weighted by Gasteiger charge is 2.28. The maximum Gasteiger partial charge on any atom is 0.0408 e. The van der Waals surface area contributed by atoms with Crippen molar-refractivity contribution in [1.82, 2.24) is 0 Å². The second-order valence-corrected chi connectivity index (χ2v) is 5.97. The van der Waals surface area contributed by atoms with Gasteiger partial charge in [0, 0.05) is 12.2 Å². The molecule has 0 aromatic heterocycles. The van der Waals surface area contributed by atoms with Crippen molar-refractivity contribution < 1.29 is 0 Å². The van der Waals surface area contributed by atoms with E-state index < -0.39 is 0 Å². The van der Waals surface area contributed by atoms with E-state index >= 15 is 0 Å². The van der Waals surface area contributed by atoms with E-state index in [4.69, 9.17) is 0 Å². The zero-order valence-corrected chi connectivity index (χ0v) is 11.5. The highest BCUT2D eigenvalue weighted by atomic mass is 14.9. The van der Waals surface area contributed by atoms with Gasteiger partial charge in [-0.15, -0.1) is 0 Å². The van der Waals surface area contributed by atoms with E-state index in [0.717, 1.165) is 18.4 Å². The summed E-state index contributed by atoms with van der Waals surface area (Å²) in [6, 6.07) is 6.98. The van der Waals surface area contributed by atoms with Crippen LogP contribution < -0.4 is 5.32 Å². The average molecular weight is 243 g/mol. The third kappa shape index (κ3) is 2.15. The van der Waals surface area contributed by atoms with Crippen molar-refractivity contribution in [3.63, 3.8) is 0 Å². The van der Waals surface area contributed by atoms with Crippen LogP contribution in [0.3, 0.4) is 0 Å². The number of nitrogens with one attached hydrogen (secondary N) is 1. The predicted molar refractivity (Wildman–Crippen MR) is 78.2 cm³/mol. The van der Waals surface area contributed by atoms with E-state index in [-0.39, 0.29) is 0 Å². The second-order valence-electron chi connectivity index (χ2n) is 5.97. The topological polar surface area (TPSA) is 12.0 Å². The van der Waals surface area contributed by atoms with Gasteiger partial charge in [0.15, 0.2) is 0 Å². The van der Waals surface area contributed by atoms with Crippen LogP contribution in [0.25, 0.3) is 0 Å². The number of fused-ring (bicyclic) bond motifs is 1. The molecule has 1 saturated carbocycles. The van der Waals surface area contributed by atoms with Crippen molar-refractivity contribution in [2.24, 2.45) is 5.92 Å². The lowest BCUT2D eigenvalue weighted by atomic mass is 9.73.